The van der Waals surface area contributed by atoms with Crippen molar-refractivity contribution in [3.63, 3.8) is 0 Å². The molecule has 2 heterocycles. The van der Waals surface area contributed by atoms with Crippen LogP contribution in [0.3, 0.4) is 0 Å². The Bertz CT molecular complexity index is 1870. The number of aromatic nitrogens is 3. The van der Waals surface area contributed by atoms with Gasteiger partial charge in [-0.2, -0.15) is 4.83 Å². The van der Waals surface area contributed by atoms with E-state index < -0.39 is 33.9 Å². The van der Waals surface area contributed by atoms with Crippen molar-refractivity contribution in [1.29, 1.82) is 0 Å². The molecule has 1 fully saturated rings. The number of fused-ring (bicyclic) bond motifs is 1. The molecule has 0 bridgehead atoms. The van der Waals surface area contributed by atoms with Gasteiger partial charge in [-0.05, 0) is 91.1 Å². The van der Waals surface area contributed by atoms with Gasteiger partial charge >= 0.3 is 5.69 Å². The number of aryl methyl sites for hydroxylation is 2. The zero-order valence-corrected chi connectivity index (χ0v) is 25.2. The van der Waals surface area contributed by atoms with Gasteiger partial charge in [0.05, 0.1) is 16.9 Å². The second-order valence-corrected chi connectivity index (χ2v) is 11.8. The Hall–Kier alpha value is -3.18. The summed E-state index contributed by atoms with van der Waals surface area (Å²) in [4.78, 5) is 43.4. The van der Waals surface area contributed by atoms with Crippen LogP contribution < -0.4 is 32.4 Å². The van der Waals surface area contributed by atoms with Crippen molar-refractivity contribution in [1.82, 2.24) is 24.0 Å². The molecule has 0 amide bonds. The summed E-state index contributed by atoms with van der Waals surface area (Å²) in [5.74, 6) is -0.456. The Morgan fingerprint density at radius 3 is 2.56 bits per heavy atom. The van der Waals surface area contributed by atoms with E-state index in [-0.39, 0.29) is 34.0 Å². The van der Waals surface area contributed by atoms with Gasteiger partial charge < -0.3 is 9.87 Å². The number of halogens is 2. The fourth-order valence-corrected chi connectivity index (χ4v) is 5.59. The van der Waals surface area contributed by atoms with Crippen molar-refractivity contribution in [2.24, 2.45) is 7.05 Å². The number of nitrogens with one attached hydrogen (secondary N) is 3. The lowest BCUT2D eigenvalue weighted by atomic mass is 10.1. The highest BCUT2D eigenvalue weighted by Crippen LogP contribution is 2.34. The zero-order valence-electron chi connectivity index (χ0n) is 22.2. The average Bonchev–Trinajstić information content (AvgIpc) is 3.76. The summed E-state index contributed by atoms with van der Waals surface area (Å²) < 4.78 is 40.7. The summed E-state index contributed by atoms with van der Waals surface area (Å²) >= 11 is -0.422. The van der Waals surface area contributed by atoms with Crippen LogP contribution in [0.4, 0.5) is 15.9 Å². The molecule has 0 saturated heterocycles. The first-order chi connectivity index (χ1) is 19.6. The minimum Gasteiger partial charge on any atom is -0.759 e. The average molecular weight is 694 g/mol. The molecule has 3 N–H and O–H groups in total. The lowest BCUT2D eigenvalue weighted by molar-refractivity contribution is 0.501. The maximum absolute atomic E-state index is 14.9. The molecule has 1 atom stereocenters. The molecular weight excluding hydrogens is 666 g/mol. The highest BCUT2D eigenvalue weighted by Gasteiger charge is 2.31. The van der Waals surface area contributed by atoms with E-state index in [1.165, 1.54) is 32.9 Å². The number of hydrogen-bond donors (Lipinski definition) is 3. The van der Waals surface area contributed by atoms with Gasteiger partial charge in [-0.15, -0.1) is 0 Å². The van der Waals surface area contributed by atoms with Crippen LogP contribution in [0.5, 0.6) is 0 Å². The monoisotopic (exact) mass is 693 g/mol. The van der Waals surface area contributed by atoms with Crippen LogP contribution in [0.2, 0.25) is 0 Å². The SMILES string of the molecule is Cc1c(=O)n(C)c(Nc2ccc(I)cc2F)c2c(=O)n(C3CC3)c(=O)n(-c3cccc(CCCNNS(=O)[O-])c3)c12. The summed E-state index contributed by atoms with van der Waals surface area (Å²) in [6, 6.07) is 11.5. The van der Waals surface area contributed by atoms with E-state index in [9.17, 15) is 27.5 Å². The quantitative estimate of drug-likeness (QED) is 0.100. The highest BCUT2D eigenvalue weighted by atomic mass is 127. The molecule has 0 radical (unpaired) electrons. The predicted molar refractivity (Wildman–Crippen MR) is 163 cm³/mol. The molecule has 0 aliphatic heterocycles. The van der Waals surface area contributed by atoms with Crippen molar-refractivity contribution < 1.29 is 13.2 Å². The Kier molecular flexibility index (Phi) is 8.56. The zero-order chi connectivity index (χ0) is 29.4. The smallest absolute Gasteiger partial charge is 0.336 e. The molecule has 5 rings (SSSR count). The first-order valence-electron chi connectivity index (χ1n) is 12.9. The molecule has 11 nitrogen and oxygen atoms in total. The third kappa shape index (κ3) is 5.92. The minimum absolute atomic E-state index is 0.0894. The van der Waals surface area contributed by atoms with Gasteiger partial charge in [0.25, 0.3) is 11.1 Å². The normalized spacial score (nSPS) is 14.0. The Morgan fingerprint density at radius 1 is 1.12 bits per heavy atom. The van der Waals surface area contributed by atoms with Gasteiger partial charge in [0.15, 0.2) is 0 Å². The van der Waals surface area contributed by atoms with E-state index in [1.54, 1.807) is 25.1 Å². The molecule has 216 valence electrons. The third-order valence-corrected chi connectivity index (χ3v) is 8.01. The molecule has 2 aromatic carbocycles. The van der Waals surface area contributed by atoms with Crippen LogP contribution in [0.1, 0.15) is 36.4 Å². The second kappa shape index (κ2) is 12.0. The third-order valence-electron chi connectivity index (χ3n) is 7.03. The molecule has 1 unspecified atom stereocenters. The molecule has 41 heavy (non-hydrogen) atoms. The first kappa shape index (κ1) is 29.3. The molecule has 1 aliphatic carbocycles. The Balaban J connectivity index is 1.71. The van der Waals surface area contributed by atoms with Crippen LogP contribution in [0.25, 0.3) is 16.6 Å². The second-order valence-electron chi connectivity index (χ2n) is 9.87. The summed E-state index contributed by atoms with van der Waals surface area (Å²) in [6.45, 7) is 1.95. The summed E-state index contributed by atoms with van der Waals surface area (Å²) in [5.41, 5.74) is 2.87. The molecular formula is C27H27FIN6O5S-. The van der Waals surface area contributed by atoms with Crippen molar-refractivity contribution in [2.45, 2.75) is 38.6 Å². The van der Waals surface area contributed by atoms with Crippen LogP contribution in [0, 0.1) is 16.3 Å². The first-order valence-corrected chi connectivity index (χ1v) is 15.0. The van der Waals surface area contributed by atoms with Crippen LogP contribution >= 0.6 is 22.6 Å². The largest absolute Gasteiger partial charge is 0.759 e. The lowest BCUT2D eigenvalue weighted by Crippen LogP contribution is -2.41. The number of rotatable bonds is 10. The fourth-order valence-electron chi connectivity index (χ4n) is 4.92. The van der Waals surface area contributed by atoms with Crippen LogP contribution in [-0.2, 0) is 24.7 Å². The van der Waals surface area contributed by atoms with Crippen LogP contribution in [0.15, 0.2) is 56.8 Å². The van der Waals surface area contributed by atoms with Gasteiger partial charge in [0.1, 0.15) is 17.0 Å². The van der Waals surface area contributed by atoms with Crippen molar-refractivity contribution in [3.05, 3.63) is 94.2 Å². The number of pyridine rings is 1. The maximum atomic E-state index is 14.9. The van der Waals surface area contributed by atoms with E-state index in [1.807, 2.05) is 34.7 Å². The van der Waals surface area contributed by atoms with E-state index >= 15 is 0 Å². The van der Waals surface area contributed by atoms with E-state index in [0.29, 0.717) is 41.5 Å². The van der Waals surface area contributed by atoms with E-state index in [4.69, 9.17) is 0 Å². The number of anilines is 2. The lowest BCUT2D eigenvalue weighted by Gasteiger charge is -2.21. The van der Waals surface area contributed by atoms with Crippen molar-refractivity contribution in [3.8, 4) is 5.69 Å². The van der Waals surface area contributed by atoms with Crippen molar-refractivity contribution >= 4 is 56.3 Å². The highest BCUT2D eigenvalue weighted by molar-refractivity contribution is 14.1. The van der Waals surface area contributed by atoms with E-state index in [2.05, 4.69) is 15.6 Å². The molecule has 0 spiro atoms. The van der Waals surface area contributed by atoms with Gasteiger partial charge in [-0.25, -0.2) is 14.6 Å². The standard InChI is InChI=1S/C27H28FIN6O5S/c1-15-23-22(24(33(2)25(15)36)31-21-11-8-17(29)14-20(21)28)26(37)35(18-9-10-18)27(38)34(23)19-7-3-5-16(13-19)6-4-12-30-32-41(39)40/h3,5,7-8,11,13-14,18,30-32H,4,6,9-10,12H2,1-2H3,(H,39,40)/p-1. The molecule has 14 heteroatoms. The molecule has 1 aliphatic rings. The minimum atomic E-state index is -2.42. The van der Waals surface area contributed by atoms with Crippen LogP contribution in [-0.4, -0.2) is 29.0 Å². The predicted octanol–water partition coefficient (Wildman–Crippen LogP) is 2.80. The Labute approximate surface area is 249 Å². The van der Waals surface area contributed by atoms with Gasteiger partial charge in [-0.3, -0.25) is 27.5 Å². The summed E-state index contributed by atoms with van der Waals surface area (Å²) in [5, 5.41) is 3.07. The fraction of sp³-hybridized carbons (Fsp3) is 0.296. The van der Waals surface area contributed by atoms with Gasteiger partial charge in [0, 0.05) is 40.0 Å². The van der Waals surface area contributed by atoms with E-state index in [0.717, 1.165) is 5.56 Å². The molecule has 2 aromatic heterocycles. The topological polar surface area (TPSA) is 142 Å². The molecule has 4 aromatic rings. The maximum Gasteiger partial charge on any atom is 0.336 e. The number of benzene rings is 2. The van der Waals surface area contributed by atoms with Gasteiger partial charge in [-0.1, -0.05) is 12.1 Å². The number of hydrazine groups is 1. The molecule has 1 saturated carbocycles. The summed E-state index contributed by atoms with van der Waals surface area (Å²) in [6.07, 6.45) is 2.52. The van der Waals surface area contributed by atoms with Gasteiger partial charge in [0.2, 0.25) is 0 Å². The Morgan fingerprint density at radius 2 is 1.88 bits per heavy atom. The summed E-state index contributed by atoms with van der Waals surface area (Å²) in [7, 11) is 1.50. The number of nitrogens with zero attached hydrogens (tertiary/aromatic N) is 3. The van der Waals surface area contributed by atoms with Crippen molar-refractivity contribution in [2.75, 3.05) is 11.9 Å². The number of hydrogen-bond acceptors (Lipinski definition) is 7.